The Hall–Kier alpha value is -1.35. The molecule has 0 fully saturated rings. The van der Waals surface area contributed by atoms with Crippen LogP contribution in [0.1, 0.15) is 42.6 Å². The zero-order chi connectivity index (χ0) is 13.0. The van der Waals surface area contributed by atoms with Crippen LogP contribution >= 0.6 is 11.6 Å². The maximum absolute atomic E-state index is 11.6. The summed E-state index contributed by atoms with van der Waals surface area (Å²) in [4.78, 5) is 22.7. The fourth-order valence-electron chi connectivity index (χ4n) is 1.53. The molecule has 0 aliphatic carbocycles. The molecule has 3 nitrogen and oxygen atoms in total. The van der Waals surface area contributed by atoms with Crippen LogP contribution in [-0.2, 0) is 4.79 Å². The first-order valence-corrected chi connectivity index (χ1v) is 5.99. The van der Waals surface area contributed by atoms with E-state index in [4.69, 9.17) is 11.6 Å². The second-order valence-electron chi connectivity index (χ2n) is 4.20. The largest absolute Gasteiger partial charge is 0.326 e. The second kappa shape index (κ2) is 5.82. The van der Waals surface area contributed by atoms with E-state index in [1.165, 1.54) is 6.92 Å². The highest BCUT2D eigenvalue weighted by molar-refractivity contribution is 6.31. The van der Waals surface area contributed by atoms with Gasteiger partial charge in [0.05, 0.1) is 11.6 Å². The Labute approximate surface area is 106 Å². The molecular weight excluding hydrogens is 238 g/mol. The van der Waals surface area contributed by atoms with E-state index in [0.29, 0.717) is 17.2 Å². The SMILES string of the molecule is CC(=O)Nc1cc(C(C)C)ccc1C(=O)CCl. The molecule has 0 atom stereocenters. The Morgan fingerprint density at radius 3 is 2.47 bits per heavy atom. The van der Waals surface area contributed by atoms with E-state index < -0.39 is 0 Å². The fourth-order valence-corrected chi connectivity index (χ4v) is 1.67. The zero-order valence-corrected chi connectivity index (χ0v) is 11.0. The van der Waals surface area contributed by atoms with E-state index in [1.807, 2.05) is 12.1 Å². The number of alkyl halides is 1. The molecule has 0 aromatic heterocycles. The first kappa shape index (κ1) is 13.7. The summed E-state index contributed by atoms with van der Waals surface area (Å²) in [5.41, 5.74) is 2.06. The Balaban J connectivity index is 3.21. The van der Waals surface area contributed by atoms with Crippen molar-refractivity contribution in [1.29, 1.82) is 0 Å². The molecule has 1 N–H and O–H groups in total. The molecule has 0 unspecified atom stereocenters. The predicted octanol–water partition coefficient (Wildman–Crippen LogP) is 3.19. The lowest BCUT2D eigenvalue weighted by atomic mass is 9.99. The van der Waals surface area contributed by atoms with Crippen LogP contribution in [0.5, 0.6) is 0 Å². The molecule has 1 aromatic carbocycles. The number of halogens is 1. The van der Waals surface area contributed by atoms with Crippen LogP contribution < -0.4 is 5.32 Å². The number of hydrogen-bond acceptors (Lipinski definition) is 2. The van der Waals surface area contributed by atoms with Gasteiger partial charge >= 0.3 is 0 Å². The first-order valence-electron chi connectivity index (χ1n) is 5.46. The van der Waals surface area contributed by atoms with Gasteiger partial charge < -0.3 is 5.32 Å². The summed E-state index contributed by atoms with van der Waals surface area (Å²) in [5, 5.41) is 2.67. The number of carbonyl (C=O) groups excluding carboxylic acids is 2. The van der Waals surface area contributed by atoms with Gasteiger partial charge in [-0.15, -0.1) is 11.6 Å². The lowest BCUT2D eigenvalue weighted by Crippen LogP contribution is -2.12. The minimum absolute atomic E-state index is 0.0897. The molecule has 1 rings (SSSR count). The number of nitrogens with one attached hydrogen (secondary N) is 1. The molecular formula is C13H16ClNO2. The molecule has 0 saturated heterocycles. The van der Waals surface area contributed by atoms with Gasteiger partial charge in [0.1, 0.15) is 0 Å². The molecule has 0 saturated carbocycles. The number of hydrogen-bond donors (Lipinski definition) is 1. The average molecular weight is 254 g/mol. The highest BCUT2D eigenvalue weighted by Crippen LogP contribution is 2.23. The number of anilines is 1. The molecule has 0 spiro atoms. The summed E-state index contributed by atoms with van der Waals surface area (Å²) in [6, 6.07) is 5.42. The summed E-state index contributed by atoms with van der Waals surface area (Å²) in [6.07, 6.45) is 0. The van der Waals surface area contributed by atoms with Crippen molar-refractivity contribution in [2.75, 3.05) is 11.2 Å². The molecule has 92 valence electrons. The van der Waals surface area contributed by atoms with Gasteiger partial charge in [0.2, 0.25) is 5.91 Å². The van der Waals surface area contributed by atoms with Crippen molar-refractivity contribution < 1.29 is 9.59 Å². The summed E-state index contributed by atoms with van der Waals surface area (Å²) in [7, 11) is 0. The van der Waals surface area contributed by atoms with Crippen LogP contribution in [0.4, 0.5) is 5.69 Å². The number of amides is 1. The van der Waals surface area contributed by atoms with Gasteiger partial charge in [0, 0.05) is 12.5 Å². The first-order chi connectivity index (χ1) is 7.95. The number of ketones is 1. The second-order valence-corrected chi connectivity index (χ2v) is 4.46. The Bertz CT molecular complexity index is 441. The third-order valence-corrected chi connectivity index (χ3v) is 2.69. The molecule has 0 radical (unpaired) electrons. The van der Waals surface area contributed by atoms with Gasteiger partial charge in [-0.3, -0.25) is 9.59 Å². The molecule has 0 aliphatic heterocycles. The molecule has 4 heteroatoms. The smallest absolute Gasteiger partial charge is 0.221 e. The van der Waals surface area contributed by atoms with E-state index in [1.54, 1.807) is 6.07 Å². The van der Waals surface area contributed by atoms with Crippen molar-refractivity contribution in [2.24, 2.45) is 0 Å². The molecule has 0 bridgehead atoms. The van der Waals surface area contributed by atoms with Crippen molar-refractivity contribution in [1.82, 2.24) is 0 Å². The van der Waals surface area contributed by atoms with Crippen LogP contribution in [-0.4, -0.2) is 17.6 Å². The van der Waals surface area contributed by atoms with Crippen molar-refractivity contribution >= 4 is 29.0 Å². The third-order valence-electron chi connectivity index (χ3n) is 2.44. The summed E-state index contributed by atoms with van der Waals surface area (Å²) in [5.74, 6) is -0.143. The summed E-state index contributed by atoms with van der Waals surface area (Å²) in [6.45, 7) is 5.52. The quantitative estimate of drug-likeness (QED) is 0.662. The van der Waals surface area contributed by atoms with Crippen molar-refractivity contribution in [3.63, 3.8) is 0 Å². The van der Waals surface area contributed by atoms with Crippen LogP contribution in [0.3, 0.4) is 0 Å². The normalized spacial score (nSPS) is 10.4. The number of carbonyl (C=O) groups is 2. The van der Waals surface area contributed by atoms with Crippen LogP contribution in [0.25, 0.3) is 0 Å². The van der Waals surface area contributed by atoms with Gasteiger partial charge in [-0.05, 0) is 23.6 Å². The minimum atomic E-state index is -0.200. The lowest BCUT2D eigenvalue weighted by Gasteiger charge is -2.12. The zero-order valence-electron chi connectivity index (χ0n) is 10.2. The van der Waals surface area contributed by atoms with Crippen molar-refractivity contribution in [2.45, 2.75) is 26.7 Å². The Morgan fingerprint density at radius 1 is 1.35 bits per heavy atom. The van der Waals surface area contributed by atoms with Gasteiger partial charge in [0.25, 0.3) is 0 Å². The summed E-state index contributed by atoms with van der Waals surface area (Å²) < 4.78 is 0. The fraction of sp³-hybridized carbons (Fsp3) is 0.385. The van der Waals surface area contributed by atoms with E-state index in [-0.39, 0.29) is 17.6 Å². The summed E-state index contributed by atoms with van der Waals surface area (Å²) >= 11 is 5.54. The van der Waals surface area contributed by atoms with Crippen LogP contribution in [0.2, 0.25) is 0 Å². The topological polar surface area (TPSA) is 46.2 Å². The number of rotatable bonds is 4. The number of benzene rings is 1. The maximum atomic E-state index is 11.6. The standard InChI is InChI=1S/C13H16ClNO2/c1-8(2)10-4-5-11(13(17)7-14)12(6-10)15-9(3)16/h4-6,8H,7H2,1-3H3,(H,15,16). The van der Waals surface area contributed by atoms with E-state index >= 15 is 0 Å². The van der Waals surface area contributed by atoms with Crippen LogP contribution in [0.15, 0.2) is 18.2 Å². The van der Waals surface area contributed by atoms with E-state index in [0.717, 1.165) is 5.56 Å². The molecule has 0 aliphatic rings. The van der Waals surface area contributed by atoms with Crippen molar-refractivity contribution in [3.05, 3.63) is 29.3 Å². The van der Waals surface area contributed by atoms with Gasteiger partial charge in [-0.2, -0.15) is 0 Å². The molecule has 1 amide bonds. The van der Waals surface area contributed by atoms with Gasteiger partial charge in [-0.1, -0.05) is 19.9 Å². The molecule has 1 aromatic rings. The average Bonchev–Trinajstić information content (AvgIpc) is 2.27. The van der Waals surface area contributed by atoms with E-state index in [9.17, 15) is 9.59 Å². The van der Waals surface area contributed by atoms with E-state index in [2.05, 4.69) is 19.2 Å². The molecule has 0 heterocycles. The van der Waals surface area contributed by atoms with Crippen molar-refractivity contribution in [3.8, 4) is 0 Å². The van der Waals surface area contributed by atoms with Gasteiger partial charge in [-0.25, -0.2) is 0 Å². The third kappa shape index (κ3) is 3.56. The highest BCUT2D eigenvalue weighted by atomic mass is 35.5. The minimum Gasteiger partial charge on any atom is -0.326 e. The van der Waals surface area contributed by atoms with Gasteiger partial charge in [0.15, 0.2) is 5.78 Å². The number of Topliss-reactive ketones (excluding diaryl/α,β-unsaturated/α-hetero) is 1. The monoisotopic (exact) mass is 253 g/mol. The lowest BCUT2D eigenvalue weighted by molar-refractivity contribution is -0.114. The Morgan fingerprint density at radius 2 is 2.00 bits per heavy atom. The maximum Gasteiger partial charge on any atom is 0.221 e. The highest BCUT2D eigenvalue weighted by Gasteiger charge is 2.13. The van der Waals surface area contributed by atoms with Crippen LogP contribution in [0, 0.1) is 0 Å². The molecule has 17 heavy (non-hydrogen) atoms. The predicted molar refractivity (Wildman–Crippen MR) is 69.9 cm³/mol. The Kier molecular flexibility index (Phi) is 4.70.